The second-order valence-electron chi connectivity index (χ2n) is 6.04. The van der Waals surface area contributed by atoms with Gasteiger partial charge in [-0.25, -0.2) is 8.42 Å². The number of aryl methyl sites for hydroxylation is 1. The molecule has 0 saturated heterocycles. The molecule has 3 rings (SSSR count). The predicted molar refractivity (Wildman–Crippen MR) is 105 cm³/mol. The Morgan fingerprint density at radius 3 is 2.50 bits per heavy atom. The Labute approximate surface area is 163 Å². The number of carbonyl (C=O) groups excluding carboxylic acids is 1. The molecule has 8 nitrogen and oxygen atoms in total. The number of ether oxygens (including phenoxy) is 2. The number of amides is 1. The fourth-order valence-electron chi connectivity index (χ4n) is 2.72. The Bertz CT molecular complexity index is 1070. The van der Waals surface area contributed by atoms with E-state index in [0.29, 0.717) is 24.5 Å². The second kappa shape index (κ2) is 8.42. The lowest BCUT2D eigenvalue weighted by Crippen LogP contribution is -2.41. The van der Waals surface area contributed by atoms with Crippen LogP contribution < -0.4 is 15.0 Å². The summed E-state index contributed by atoms with van der Waals surface area (Å²) in [6.45, 7) is 0.795. The highest BCUT2D eigenvalue weighted by Gasteiger charge is 2.18. The summed E-state index contributed by atoms with van der Waals surface area (Å²) in [6.07, 6.45) is 1.65. The first kappa shape index (κ1) is 19.9. The van der Waals surface area contributed by atoms with E-state index in [0.717, 1.165) is 10.9 Å². The van der Waals surface area contributed by atoms with Crippen molar-refractivity contribution in [1.29, 1.82) is 0 Å². The Morgan fingerprint density at radius 1 is 1.07 bits per heavy atom. The molecule has 28 heavy (non-hydrogen) atoms. The molecule has 0 unspecified atom stereocenters. The molecule has 0 spiro atoms. The van der Waals surface area contributed by atoms with E-state index in [1.54, 1.807) is 23.9 Å². The van der Waals surface area contributed by atoms with Crippen molar-refractivity contribution in [2.45, 2.75) is 4.90 Å². The van der Waals surface area contributed by atoms with Crippen molar-refractivity contribution in [3.8, 4) is 5.75 Å². The molecule has 1 amide bonds. The summed E-state index contributed by atoms with van der Waals surface area (Å²) < 4.78 is 36.9. The lowest BCUT2D eigenvalue weighted by atomic mass is 10.2. The van der Waals surface area contributed by atoms with Gasteiger partial charge < -0.3 is 14.0 Å². The number of nitrogens with one attached hydrogen (secondary N) is 2. The highest BCUT2D eigenvalue weighted by Crippen LogP contribution is 2.20. The van der Waals surface area contributed by atoms with Gasteiger partial charge in [-0.05, 0) is 30.3 Å². The molecule has 0 aliphatic carbocycles. The van der Waals surface area contributed by atoms with Crippen LogP contribution in [0.1, 0.15) is 10.4 Å². The summed E-state index contributed by atoms with van der Waals surface area (Å²) >= 11 is 0. The molecular formula is C19H21N3O5S. The van der Waals surface area contributed by atoms with Crippen molar-refractivity contribution < 1.29 is 22.7 Å². The maximum Gasteiger partial charge on any atom is 0.268 e. The van der Waals surface area contributed by atoms with Crippen LogP contribution in [0.4, 0.5) is 0 Å². The highest BCUT2D eigenvalue weighted by molar-refractivity contribution is 7.89. The third-order valence-corrected chi connectivity index (χ3v) is 5.39. The van der Waals surface area contributed by atoms with Crippen molar-refractivity contribution >= 4 is 26.8 Å². The van der Waals surface area contributed by atoms with Crippen LogP contribution in [0.25, 0.3) is 10.9 Å². The molecule has 1 heterocycles. The Kier molecular flexibility index (Phi) is 5.98. The molecule has 0 radical (unpaired) electrons. The van der Waals surface area contributed by atoms with E-state index in [9.17, 15) is 13.2 Å². The highest BCUT2D eigenvalue weighted by atomic mass is 32.2. The topological polar surface area (TPSA) is 98.7 Å². The number of benzene rings is 2. The number of para-hydroxylation sites is 1. The van der Waals surface area contributed by atoms with E-state index in [-0.39, 0.29) is 4.90 Å². The molecule has 0 fully saturated rings. The zero-order valence-corrected chi connectivity index (χ0v) is 16.3. The van der Waals surface area contributed by atoms with Crippen molar-refractivity contribution in [3.63, 3.8) is 0 Å². The van der Waals surface area contributed by atoms with Gasteiger partial charge in [0.1, 0.15) is 12.4 Å². The first-order chi connectivity index (χ1) is 13.4. The third-order valence-electron chi connectivity index (χ3n) is 4.13. The fraction of sp³-hybridized carbons (Fsp3) is 0.211. The minimum atomic E-state index is -3.92. The van der Waals surface area contributed by atoms with Gasteiger partial charge in [-0.3, -0.25) is 10.2 Å². The Morgan fingerprint density at radius 2 is 1.79 bits per heavy atom. The summed E-state index contributed by atoms with van der Waals surface area (Å²) in [7, 11) is -0.535. The average Bonchev–Trinajstić information content (AvgIpc) is 3.04. The standard InChI is InChI=1S/C19H21N3O5S/c1-22-13-17(16-5-3-4-6-18(16)22)19(23)20-21-28(24,25)15-9-7-14(8-10-15)27-12-11-26-2/h3-10,13,21H,11-12H2,1-2H3,(H,20,23). The van der Waals surface area contributed by atoms with Gasteiger partial charge in [0.2, 0.25) is 0 Å². The average molecular weight is 403 g/mol. The van der Waals surface area contributed by atoms with Gasteiger partial charge >= 0.3 is 0 Å². The van der Waals surface area contributed by atoms with Gasteiger partial charge in [0, 0.05) is 31.3 Å². The van der Waals surface area contributed by atoms with Crippen LogP contribution in [-0.4, -0.2) is 39.2 Å². The number of fused-ring (bicyclic) bond motifs is 1. The number of aromatic nitrogens is 1. The first-order valence-electron chi connectivity index (χ1n) is 8.50. The zero-order valence-electron chi connectivity index (χ0n) is 15.5. The van der Waals surface area contributed by atoms with Crippen LogP contribution in [0.5, 0.6) is 5.75 Å². The summed E-state index contributed by atoms with van der Waals surface area (Å²) in [5.41, 5.74) is 3.51. The van der Waals surface area contributed by atoms with E-state index in [1.807, 2.05) is 25.2 Å². The predicted octanol–water partition coefficient (Wildman–Crippen LogP) is 1.83. The number of rotatable bonds is 8. The molecule has 0 aliphatic rings. The molecule has 2 N–H and O–H groups in total. The third kappa shape index (κ3) is 4.33. The molecule has 0 atom stereocenters. The van der Waals surface area contributed by atoms with Gasteiger partial charge in [0.05, 0.1) is 17.1 Å². The van der Waals surface area contributed by atoms with Crippen LogP contribution in [0, 0.1) is 0 Å². The van der Waals surface area contributed by atoms with E-state index >= 15 is 0 Å². The molecule has 148 valence electrons. The summed E-state index contributed by atoms with van der Waals surface area (Å²) in [4.78, 5) is 14.6. The number of hydrogen-bond donors (Lipinski definition) is 2. The molecule has 9 heteroatoms. The fourth-order valence-corrected chi connectivity index (χ4v) is 3.56. The number of carbonyl (C=O) groups is 1. The van der Waals surface area contributed by atoms with E-state index < -0.39 is 15.9 Å². The number of sulfonamides is 1. The van der Waals surface area contributed by atoms with Crippen LogP contribution in [0.3, 0.4) is 0 Å². The zero-order chi connectivity index (χ0) is 20.1. The number of nitrogens with zero attached hydrogens (tertiary/aromatic N) is 1. The van der Waals surface area contributed by atoms with Gasteiger partial charge in [-0.15, -0.1) is 4.83 Å². The summed E-state index contributed by atoms with van der Waals surface area (Å²) in [6, 6.07) is 13.2. The van der Waals surface area contributed by atoms with Crippen molar-refractivity contribution in [3.05, 3.63) is 60.3 Å². The molecular weight excluding hydrogens is 382 g/mol. The minimum Gasteiger partial charge on any atom is -0.491 e. The van der Waals surface area contributed by atoms with Gasteiger partial charge in [0.25, 0.3) is 15.9 Å². The molecule has 2 aromatic carbocycles. The van der Waals surface area contributed by atoms with E-state index in [2.05, 4.69) is 10.3 Å². The van der Waals surface area contributed by atoms with Crippen molar-refractivity contribution in [2.24, 2.45) is 7.05 Å². The smallest absolute Gasteiger partial charge is 0.268 e. The lowest BCUT2D eigenvalue weighted by molar-refractivity contribution is 0.0946. The van der Waals surface area contributed by atoms with Crippen LogP contribution in [-0.2, 0) is 21.8 Å². The second-order valence-corrected chi connectivity index (χ2v) is 7.73. The number of hydrazine groups is 1. The molecule has 0 bridgehead atoms. The van der Waals surface area contributed by atoms with Gasteiger partial charge in [-0.1, -0.05) is 18.2 Å². The summed E-state index contributed by atoms with van der Waals surface area (Å²) in [5.74, 6) is -0.0179. The summed E-state index contributed by atoms with van der Waals surface area (Å²) in [5, 5.41) is 0.735. The van der Waals surface area contributed by atoms with Crippen molar-refractivity contribution in [2.75, 3.05) is 20.3 Å². The Balaban J connectivity index is 1.68. The lowest BCUT2D eigenvalue weighted by Gasteiger charge is -2.09. The molecule has 3 aromatic rings. The normalized spacial score (nSPS) is 11.5. The Hall–Kier alpha value is -2.88. The van der Waals surface area contributed by atoms with Crippen LogP contribution in [0.15, 0.2) is 59.6 Å². The molecule has 1 aromatic heterocycles. The van der Waals surface area contributed by atoms with Crippen molar-refractivity contribution in [1.82, 2.24) is 14.8 Å². The quantitative estimate of drug-likeness (QED) is 0.442. The minimum absolute atomic E-state index is 0.00445. The number of hydrogen-bond acceptors (Lipinski definition) is 5. The monoisotopic (exact) mass is 403 g/mol. The number of methoxy groups -OCH3 is 1. The first-order valence-corrected chi connectivity index (χ1v) is 9.99. The van der Waals surface area contributed by atoms with Gasteiger partial charge in [0.15, 0.2) is 0 Å². The SMILES string of the molecule is COCCOc1ccc(S(=O)(=O)NNC(=O)c2cn(C)c3ccccc23)cc1. The maximum absolute atomic E-state index is 12.5. The molecule has 0 aliphatic heterocycles. The van der Waals surface area contributed by atoms with Gasteiger partial charge in [-0.2, -0.15) is 0 Å². The van der Waals surface area contributed by atoms with E-state index in [4.69, 9.17) is 9.47 Å². The van der Waals surface area contributed by atoms with Crippen LogP contribution in [0.2, 0.25) is 0 Å². The largest absolute Gasteiger partial charge is 0.491 e. The van der Waals surface area contributed by atoms with Crippen LogP contribution >= 0.6 is 0 Å². The maximum atomic E-state index is 12.5. The molecule has 0 saturated carbocycles. The van der Waals surface area contributed by atoms with E-state index in [1.165, 1.54) is 24.3 Å².